The Bertz CT molecular complexity index is 1000. The van der Waals surface area contributed by atoms with Gasteiger partial charge in [0.2, 0.25) is 0 Å². The first kappa shape index (κ1) is 20.1. The van der Waals surface area contributed by atoms with E-state index in [1.54, 1.807) is 12.1 Å². The normalized spacial score (nSPS) is 14.5. The number of nitrogens with zero attached hydrogens (tertiary/aromatic N) is 4. The quantitative estimate of drug-likeness (QED) is 0.681. The molecule has 0 bridgehead atoms. The summed E-state index contributed by atoms with van der Waals surface area (Å²) in [6, 6.07) is 15.3. The highest BCUT2D eigenvalue weighted by Crippen LogP contribution is 2.22. The van der Waals surface area contributed by atoms with E-state index >= 15 is 0 Å². The van der Waals surface area contributed by atoms with Crippen LogP contribution in [0.2, 0.25) is 0 Å². The third-order valence-corrected chi connectivity index (χ3v) is 5.59. The Morgan fingerprint density at radius 2 is 1.77 bits per heavy atom. The monoisotopic (exact) mass is 407 g/mol. The zero-order chi connectivity index (χ0) is 21.1. The summed E-state index contributed by atoms with van der Waals surface area (Å²) in [6.45, 7) is 4.79. The van der Waals surface area contributed by atoms with Crippen LogP contribution in [0.15, 0.2) is 54.7 Å². The summed E-state index contributed by atoms with van der Waals surface area (Å²) in [5, 5.41) is 13.6. The highest BCUT2D eigenvalue weighted by molar-refractivity contribution is 5.93. The van der Waals surface area contributed by atoms with Crippen molar-refractivity contribution in [2.45, 2.75) is 6.54 Å². The molecule has 3 aromatic rings. The van der Waals surface area contributed by atoms with E-state index in [0.717, 1.165) is 42.9 Å². The molecule has 1 fully saturated rings. The van der Waals surface area contributed by atoms with Crippen LogP contribution in [0.25, 0.3) is 10.9 Å². The summed E-state index contributed by atoms with van der Waals surface area (Å²) in [4.78, 5) is 19.0. The minimum atomic E-state index is -0.0632. The Hall–Kier alpha value is -3.19. The van der Waals surface area contributed by atoms with Crippen LogP contribution in [0.5, 0.6) is 5.75 Å². The number of phenols is 1. The number of amides is 2. The van der Waals surface area contributed by atoms with E-state index in [1.165, 1.54) is 5.52 Å². The molecule has 158 valence electrons. The van der Waals surface area contributed by atoms with Crippen molar-refractivity contribution in [3.05, 3.63) is 54.7 Å². The number of phenolic OH excluding ortho intramolecular Hbond substituents is 1. The van der Waals surface area contributed by atoms with Gasteiger partial charge in [-0.25, -0.2) is 4.79 Å². The first-order valence-electron chi connectivity index (χ1n) is 10.3. The molecule has 4 rings (SSSR count). The molecule has 0 unspecified atom stereocenters. The van der Waals surface area contributed by atoms with Gasteiger partial charge in [-0.2, -0.15) is 0 Å². The molecule has 30 heavy (non-hydrogen) atoms. The second kappa shape index (κ2) is 8.67. The lowest BCUT2D eigenvalue weighted by Crippen LogP contribution is -2.50. The average Bonchev–Trinajstić information content (AvgIpc) is 3.15. The Balaban J connectivity index is 1.35. The molecular formula is C23H29N5O2. The maximum Gasteiger partial charge on any atom is 0.321 e. The van der Waals surface area contributed by atoms with E-state index in [0.29, 0.717) is 13.1 Å². The van der Waals surface area contributed by atoms with E-state index in [4.69, 9.17) is 0 Å². The van der Waals surface area contributed by atoms with Gasteiger partial charge < -0.3 is 29.7 Å². The van der Waals surface area contributed by atoms with Crippen molar-refractivity contribution in [2.24, 2.45) is 0 Å². The number of urea groups is 1. The number of benzene rings is 2. The fourth-order valence-electron chi connectivity index (χ4n) is 3.81. The van der Waals surface area contributed by atoms with Crippen LogP contribution < -0.4 is 10.2 Å². The molecule has 2 amide bonds. The van der Waals surface area contributed by atoms with Crippen molar-refractivity contribution in [1.29, 1.82) is 0 Å². The molecule has 7 heteroatoms. The van der Waals surface area contributed by atoms with Crippen LogP contribution in [0, 0.1) is 0 Å². The number of likely N-dealkylation sites (N-methyl/N-ethyl adjacent to an activating group) is 1. The molecular weight excluding hydrogens is 378 g/mol. The van der Waals surface area contributed by atoms with Crippen LogP contribution in [-0.4, -0.2) is 72.3 Å². The van der Waals surface area contributed by atoms with Gasteiger partial charge in [0, 0.05) is 67.7 Å². The highest BCUT2D eigenvalue weighted by atomic mass is 16.3. The number of aromatic nitrogens is 1. The van der Waals surface area contributed by atoms with E-state index < -0.39 is 0 Å². The largest absolute Gasteiger partial charge is 0.508 e. The van der Waals surface area contributed by atoms with Crippen molar-refractivity contribution >= 4 is 28.3 Å². The third-order valence-electron chi connectivity index (χ3n) is 5.59. The predicted octanol–water partition coefficient (Wildman–Crippen LogP) is 3.26. The molecule has 1 saturated heterocycles. The van der Waals surface area contributed by atoms with E-state index in [2.05, 4.69) is 52.1 Å². The number of fused-ring (bicyclic) bond motifs is 1. The second-order valence-electron chi connectivity index (χ2n) is 8.01. The fraction of sp³-hybridized carbons (Fsp3) is 0.348. The molecule has 0 saturated carbocycles. The fourth-order valence-corrected chi connectivity index (χ4v) is 3.81. The van der Waals surface area contributed by atoms with Crippen molar-refractivity contribution in [3.63, 3.8) is 0 Å². The lowest BCUT2D eigenvalue weighted by Gasteiger charge is -2.36. The van der Waals surface area contributed by atoms with Gasteiger partial charge in [-0.3, -0.25) is 0 Å². The SMILES string of the molecule is CN(C)CCn1ccc2cc(NC(=O)N3CCN(c4ccc(O)cc4)CC3)ccc21. The lowest BCUT2D eigenvalue weighted by molar-refractivity contribution is 0.208. The van der Waals surface area contributed by atoms with Crippen molar-refractivity contribution in [1.82, 2.24) is 14.4 Å². The summed E-state index contributed by atoms with van der Waals surface area (Å²) < 4.78 is 2.24. The van der Waals surface area contributed by atoms with Gasteiger partial charge in [-0.15, -0.1) is 0 Å². The Morgan fingerprint density at radius 1 is 1.03 bits per heavy atom. The van der Waals surface area contributed by atoms with Gasteiger partial charge in [-0.1, -0.05) is 0 Å². The Kier molecular flexibility index (Phi) is 5.81. The van der Waals surface area contributed by atoms with Crippen LogP contribution in [0.1, 0.15) is 0 Å². The van der Waals surface area contributed by atoms with E-state index in [9.17, 15) is 9.90 Å². The number of piperazine rings is 1. The summed E-state index contributed by atoms with van der Waals surface area (Å²) in [5.74, 6) is 0.266. The summed E-state index contributed by atoms with van der Waals surface area (Å²) in [7, 11) is 4.15. The molecule has 2 N–H and O–H groups in total. The zero-order valence-corrected chi connectivity index (χ0v) is 17.6. The van der Waals surface area contributed by atoms with Gasteiger partial charge in [0.25, 0.3) is 0 Å². The molecule has 1 aromatic heterocycles. The predicted molar refractivity (Wildman–Crippen MR) is 121 cm³/mol. The van der Waals surface area contributed by atoms with Gasteiger partial charge in [0.15, 0.2) is 0 Å². The van der Waals surface area contributed by atoms with Crippen molar-refractivity contribution < 1.29 is 9.90 Å². The lowest BCUT2D eigenvalue weighted by atomic mass is 10.2. The highest BCUT2D eigenvalue weighted by Gasteiger charge is 2.21. The number of anilines is 2. The molecule has 1 aliphatic rings. The topological polar surface area (TPSA) is 64.0 Å². The molecule has 0 radical (unpaired) electrons. The summed E-state index contributed by atoms with van der Waals surface area (Å²) in [5.41, 5.74) is 3.06. The van der Waals surface area contributed by atoms with Gasteiger partial charge in [0.1, 0.15) is 5.75 Å². The third kappa shape index (κ3) is 4.52. The minimum Gasteiger partial charge on any atom is -0.508 e. The molecule has 7 nitrogen and oxygen atoms in total. The maximum absolute atomic E-state index is 12.7. The van der Waals surface area contributed by atoms with Crippen molar-refractivity contribution in [2.75, 3.05) is 57.0 Å². The smallest absolute Gasteiger partial charge is 0.321 e. The minimum absolute atomic E-state index is 0.0632. The first-order chi connectivity index (χ1) is 14.5. The number of hydrogen-bond donors (Lipinski definition) is 2. The maximum atomic E-state index is 12.7. The summed E-state index contributed by atoms with van der Waals surface area (Å²) >= 11 is 0. The number of aromatic hydroxyl groups is 1. The Labute approximate surface area is 177 Å². The van der Waals surface area contributed by atoms with E-state index in [1.807, 2.05) is 29.2 Å². The van der Waals surface area contributed by atoms with Crippen LogP contribution in [0.3, 0.4) is 0 Å². The molecule has 1 aliphatic heterocycles. The van der Waals surface area contributed by atoms with Gasteiger partial charge in [-0.05, 0) is 62.6 Å². The number of carbonyl (C=O) groups excluding carboxylic acids is 1. The molecule has 2 aromatic carbocycles. The summed E-state index contributed by atoms with van der Waals surface area (Å²) in [6.07, 6.45) is 2.10. The molecule has 0 aliphatic carbocycles. The van der Waals surface area contributed by atoms with Crippen LogP contribution in [0.4, 0.5) is 16.2 Å². The van der Waals surface area contributed by atoms with Crippen LogP contribution in [-0.2, 0) is 6.54 Å². The van der Waals surface area contributed by atoms with Gasteiger partial charge in [0.05, 0.1) is 0 Å². The molecule has 0 spiro atoms. The average molecular weight is 408 g/mol. The Morgan fingerprint density at radius 3 is 2.47 bits per heavy atom. The molecule has 2 heterocycles. The number of rotatable bonds is 5. The second-order valence-corrected chi connectivity index (χ2v) is 8.01. The molecule has 0 atom stereocenters. The number of carbonyl (C=O) groups is 1. The number of nitrogens with one attached hydrogen (secondary N) is 1. The van der Waals surface area contributed by atoms with Crippen LogP contribution >= 0.6 is 0 Å². The number of hydrogen-bond acceptors (Lipinski definition) is 4. The van der Waals surface area contributed by atoms with E-state index in [-0.39, 0.29) is 11.8 Å². The van der Waals surface area contributed by atoms with Gasteiger partial charge >= 0.3 is 6.03 Å². The van der Waals surface area contributed by atoms with Crippen molar-refractivity contribution in [3.8, 4) is 5.75 Å². The first-order valence-corrected chi connectivity index (χ1v) is 10.3. The standard InChI is InChI=1S/C23H29N5O2/c1-25(2)11-12-27-10-9-18-17-19(3-8-22(18)27)24-23(30)28-15-13-26(14-16-28)20-4-6-21(29)7-5-20/h3-10,17,29H,11-16H2,1-2H3,(H,24,30). The zero-order valence-electron chi connectivity index (χ0n) is 17.6.